The average Bonchev–Trinajstić information content (AvgIpc) is 3.36. The van der Waals surface area contributed by atoms with Gasteiger partial charge in [-0.25, -0.2) is 0 Å². The lowest BCUT2D eigenvalue weighted by molar-refractivity contribution is -0.137. The number of pyridine rings is 1. The van der Waals surface area contributed by atoms with Crippen molar-refractivity contribution < 1.29 is 32.6 Å². The molecule has 0 bridgehead atoms. The molecule has 3 N–H and O–H groups in total. The number of alkyl halides is 3. The van der Waals surface area contributed by atoms with Gasteiger partial charge in [0.15, 0.2) is 0 Å². The van der Waals surface area contributed by atoms with Crippen molar-refractivity contribution in [3.63, 3.8) is 0 Å². The molecular weight excluding hydrogens is 513 g/mol. The molecule has 2 aromatic rings. The monoisotopic (exact) mass is 548 g/mol. The van der Waals surface area contributed by atoms with Crippen molar-refractivity contribution in [3.8, 4) is 0 Å². The predicted molar refractivity (Wildman–Crippen MR) is 138 cm³/mol. The molecule has 4 rings (SSSR count). The third-order valence-electron chi connectivity index (χ3n) is 7.86. The number of amides is 2. The van der Waals surface area contributed by atoms with Gasteiger partial charge in [0.1, 0.15) is 5.60 Å². The van der Waals surface area contributed by atoms with Crippen molar-refractivity contribution >= 4 is 11.8 Å². The number of nitrogens with zero attached hydrogens (tertiary/aromatic N) is 2. The van der Waals surface area contributed by atoms with E-state index in [1.54, 1.807) is 18.2 Å². The number of hydrogen-bond donors (Lipinski definition) is 3. The molecule has 8 nitrogen and oxygen atoms in total. The first-order valence-corrected chi connectivity index (χ1v) is 13.2. The third-order valence-corrected chi connectivity index (χ3v) is 7.86. The molecule has 1 aliphatic carbocycles. The van der Waals surface area contributed by atoms with E-state index in [-0.39, 0.29) is 42.2 Å². The lowest BCUT2D eigenvalue weighted by Gasteiger charge is -2.37. The summed E-state index contributed by atoms with van der Waals surface area (Å²) in [6, 6.07) is 9.58. The summed E-state index contributed by atoms with van der Waals surface area (Å²) >= 11 is 0. The minimum atomic E-state index is -4.57. The number of carbonyl (C=O) groups excluding carboxylic acids is 2. The summed E-state index contributed by atoms with van der Waals surface area (Å²) in [5, 5.41) is 17.2. The van der Waals surface area contributed by atoms with Gasteiger partial charge in [-0.15, -0.1) is 0 Å². The second-order valence-electron chi connectivity index (χ2n) is 10.4. The Hall–Kier alpha value is -3.02. The van der Waals surface area contributed by atoms with E-state index in [2.05, 4.69) is 15.6 Å². The van der Waals surface area contributed by atoms with Gasteiger partial charge in [0.05, 0.1) is 29.9 Å². The van der Waals surface area contributed by atoms with E-state index in [0.717, 1.165) is 31.0 Å². The van der Waals surface area contributed by atoms with E-state index in [1.807, 2.05) is 25.1 Å². The van der Waals surface area contributed by atoms with Crippen molar-refractivity contribution in [3.05, 3.63) is 65.5 Å². The van der Waals surface area contributed by atoms with Crippen LogP contribution in [0.5, 0.6) is 0 Å². The van der Waals surface area contributed by atoms with E-state index in [1.165, 1.54) is 6.07 Å². The molecule has 0 spiro atoms. The number of ether oxygens (including phenoxy) is 1. The van der Waals surface area contributed by atoms with E-state index in [4.69, 9.17) is 4.74 Å². The summed E-state index contributed by atoms with van der Waals surface area (Å²) in [7, 11) is 1.57. The Bertz CT molecular complexity index is 1140. The third kappa shape index (κ3) is 6.95. The first kappa shape index (κ1) is 29.0. The van der Waals surface area contributed by atoms with Crippen LogP contribution in [0.4, 0.5) is 13.2 Å². The molecule has 1 aromatic heterocycles. The number of benzene rings is 1. The molecule has 1 saturated carbocycles. The summed E-state index contributed by atoms with van der Waals surface area (Å²) in [6.07, 6.45) is 0.199. The second kappa shape index (κ2) is 12.0. The lowest BCUT2D eigenvalue weighted by Crippen LogP contribution is -2.47. The highest BCUT2D eigenvalue weighted by molar-refractivity contribution is 5.96. The summed E-state index contributed by atoms with van der Waals surface area (Å²) in [6.45, 7) is 1.95. The number of carbonyl (C=O) groups is 2. The fourth-order valence-electron chi connectivity index (χ4n) is 5.56. The zero-order chi connectivity index (χ0) is 28.2. The number of aliphatic hydroxyl groups is 1. The smallest absolute Gasteiger partial charge is 0.384 e. The number of likely N-dealkylation sites (tertiary alicyclic amines) is 1. The van der Waals surface area contributed by atoms with Gasteiger partial charge in [-0.2, -0.15) is 13.2 Å². The van der Waals surface area contributed by atoms with Crippen molar-refractivity contribution in [1.29, 1.82) is 0 Å². The zero-order valence-electron chi connectivity index (χ0n) is 22.1. The number of nitrogens with one attached hydrogen (secondary N) is 2. The fourth-order valence-corrected chi connectivity index (χ4v) is 5.56. The molecule has 1 aliphatic heterocycles. The number of hydrogen-bond acceptors (Lipinski definition) is 6. The van der Waals surface area contributed by atoms with Crippen LogP contribution in [0.3, 0.4) is 0 Å². The van der Waals surface area contributed by atoms with Gasteiger partial charge in [-0.05, 0) is 69.4 Å². The molecule has 11 heteroatoms. The summed E-state index contributed by atoms with van der Waals surface area (Å²) in [4.78, 5) is 31.6. The van der Waals surface area contributed by atoms with Gasteiger partial charge in [-0.1, -0.05) is 12.1 Å². The molecule has 0 radical (unpaired) electrons. The van der Waals surface area contributed by atoms with Gasteiger partial charge >= 0.3 is 6.18 Å². The van der Waals surface area contributed by atoms with Gasteiger partial charge < -0.3 is 25.4 Å². The van der Waals surface area contributed by atoms with Crippen LogP contribution in [0, 0.1) is 0 Å². The van der Waals surface area contributed by atoms with Gasteiger partial charge in [0.2, 0.25) is 5.91 Å². The largest absolute Gasteiger partial charge is 0.416 e. The van der Waals surface area contributed by atoms with E-state index in [9.17, 15) is 27.9 Å². The van der Waals surface area contributed by atoms with Crippen LogP contribution in [-0.4, -0.2) is 71.2 Å². The molecule has 212 valence electrons. The number of aromatic nitrogens is 1. The Morgan fingerprint density at radius 3 is 2.56 bits per heavy atom. The zero-order valence-corrected chi connectivity index (χ0v) is 22.1. The molecule has 3 atom stereocenters. The molecule has 1 aromatic carbocycles. The highest BCUT2D eigenvalue weighted by atomic mass is 19.4. The van der Waals surface area contributed by atoms with Crippen LogP contribution in [-0.2, 0) is 21.3 Å². The van der Waals surface area contributed by atoms with Crippen LogP contribution in [0.25, 0.3) is 0 Å². The lowest BCUT2D eigenvalue weighted by atomic mass is 9.79. The standard InChI is InChI=1S/C28H35F3N4O4/c1-18(39-2)23-15-22(34-21-9-11-27(38,12-10-21)24-8-3-4-13-32-24)17-35(23)25(36)16-33-26(37)19-6-5-7-20(14-19)28(29,30)31/h3-8,13-14,18,21-23,34,38H,9-12,15-17H2,1-2H3,(H,33,37). The highest BCUT2D eigenvalue weighted by Gasteiger charge is 2.41. The van der Waals surface area contributed by atoms with Crippen LogP contribution in [0.15, 0.2) is 48.7 Å². The Morgan fingerprint density at radius 2 is 1.92 bits per heavy atom. The van der Waals surface area contributed by atoms with Crippen LogP contribution in [0.2, 0.25) is 0 Å². The molecule has 39 heavy (non-hydrogen) atoms. The van der Waals surface area contributed by atoms with E-state index >= 15 is 0 Å². The Balaban J connectivity index is 1.33. The minimum Gasteiger partial charge on any atom is -0.384 e. The van der Waals surface area contributed by atoms with E-state index in [0.29, 0.717) is 31.5 Å². The predicted octanol–water partition coefficient (Wildman–Crippen LogP) is 3.25. The van der Waals surface area contributed by atoms with Gasteiger partial charge in [0, 0.05) is 37.5 Å². The number of halogens is 3. The van der Waals surface area contributed by atoms with Crippen LogP contribution in [0.1, 0.15) is 60.6 Å². The van der Waals surface area contributed by atoms with Gasteiger partial charge in [-0.3, -0.25) is 14.6 Å². The van der Waals surface area contributed by atoms with Crippen molar-refractivity contribution in [1.82, 2.24) is 20.5 Å². The summed E-state index contributed by atoms with van der Waals surface area (Å²) in [5.74, 6) is -1.08. The first-order chi connectivity index (χ1) is 18.5. The van der Waals surface area contributed by atoms with Gasteiger partial charge in [0.25, 0.3) is 5.91 Å². The number of rotatable bonds is 8. The molecule has 2 fully saturated rings. The molecule has 2 aliphatic rings. The highest BCUT2D eigenvalue weighted by Crippen LogP contribution is 2.36. The Morgan fingerprint density at radius 1 is 1.18 bits per heavy atom. The number of methoxy groups -OCH3 is 1. The molecule has 2 amide bonds. The van der Waals surface area contributed by atoms with Crippen LogP contribution >= 0.6 is 0 Å². The van der Waals surface area contributed by atoms with Crippen molar-refractivity contribution in [2.75, 3.05) is 20.2 Å². The minimum absolute atomic E-state index is 0.00163. The normalized spacial score (nSPS) is 26.3. The fraction of sp³-hybridized carbons (Fsp3) is 0.536. The quantitative estimate of drug-likeness (QED) is 0.468. The van der Waals surface area contributed by atoms with Crippen molar-refractivity contribution in [2.45, 2.75) is 75.0 Å². The maximum absolute atomic E-state index is 13.1. The molecule has 2 heterocycles. The molecular formula is C28H35F3N4O4. The summed E-state index contributed by atoms with van der Waals surface area (Å²) < 4.78 is 44.5. The molecule has 3 unspecified atom stereocenters. The summed E-state index contributed by atoms with van der Waals surface area (Å²) in [5.41, 5.74) is -1.35. The van der Waals surface area contributed by atoms with E-state index < -0.39 is 23.2 Å². The molecule has 1 saturated heterocycles. The second-order valence-corrected chi connectivity index (χ2v) is 10.4. The average molecular weight is 549 g/mol. The van der Waals surface area contributed by atoms with Crippen LogP contribution < -0.4 is 10.6 Å². The topological polar surface area (TPSA) is 104 Å². The SMILES string of the molecule is COC(C)C1CC(NC2CCC(O)(c3ccccn3)CC2)CN1C(=O)CNC(=O)c1cccc(C(F)(F)F)c1. The van der Waals surface area contributed by atoms with Crippen molar-refractivity contribution in [2.24, 2.45) is 0 Å². The Labute approximate surface area is 225 Å². The maximum Gasteiger partial charge on any atom is 0.416 e. The first-order valence-electron chi connectivity index (χ1n) is 13.2. The Kier molecular flexibility index (Phi) is 8.93. The maximum atomic E-state index is 13.1.